The van der Waals surface area contributed by atoms with Crippen LogP contribution in [0.15, 0.2) is 42.5 Å². The van der Waals surface area contributed by atoms with Crippen molar-refractivity contribution in [3.63, 3.8) is 0 Å². The number of hydrogen-bond donors (Lipinski definition) is 0. The molecule has 0 fully saturated rings. The summed E-state index contributed by atoms with van der Waals surface area (Å²) in [5, 5.41) is 0. The minimum absolute atomic E-state index is 0.0488. The number of carbonyl (C=O) groups is 1. The van der Waals surface area contributed by atoms with Gasteiger partial charge in [0.05, 0.1) is 0 Å². The Labute approximate surface area is 122 Å². The van der Waals surface area contributed by atoms with Crippen LogP contribution in [0.25, 0.3) is 0 Å². The van der Waals surface area contributed by atoms with E-state index < -0.39 is 6.61 Å². The number of benzene rings is 2. The lowest BCUT2D eigenvalue weighted by Gasteiger charge is -2.08. The van der Waals surface area contributed by atoms with E-state index in [0.29, 0.717) is 12.0 Å². The van der Waals surface area contributed by atoms with Crippen LogP contribution in [-0.4, -0.2) is 12.4 Å². The van der Waals surface area contributed by atoms with Gasteiger partial charge in [0.2, 0.25) is 0 Å². The Morgan fingerprint density at radius 2 is 1.76 bits per heavy atom. The summed E-state index contributed by atoms with van der Waals surface area (Å²) in [7, 11) is 0. The number of ketones is 1. The zero-order valence-electron chi connectivity index (χ0n) is 11.9. The number of halogens is 2. The average Bonchev–Trinajstić information content (AvgIpc) is 2.43. The van der Waals surface area contributed by atoms with Crippen molar-refractivity contribution in [1.82, 2.24) is 0 Å². The summed E-state index contributed by atoms with van der Waals surface area (Å²) in [6.07, 6.45) is 0.294. The van der Waals surface area contributed by atoms with Crippen molar-refractivity contribution >= 4 is 5.78 Å². The predicted molar refractivity (Wildman–Crippen MR) is 77.0 cm³/mol. The smallest absolute Gasteiger partial charge is 0.387 e. The first-order valence-electron chi connectivity index (χ1n) is 6.60. The molecule has 0 spiro atoms. The van der Waals surface area contributed by atoms with Gasteiger partial charge >= 0.3 is 6.61 Å². The standard InChI is InChI=1S/C17H16F2O2/c1-11-3-4-12(2)14(9-11)10-16(20)13-5-7-15(8-6-13)21-17(18)19/h3-9,17H,10H2,1-2H3. The van der Waals surface area contributed by atoms with Crippen LogP contribution in [0, 0.1) is 13.8 Å². The molecule has 21 heavy (non-hydrogen) atoms. The van der Waals surface area contributed by atoms with Gasteiger partial charge in [0.25, 0.3) is 0 Å². The van der Waals surface area contributed by atoms with Crippen molar-refractivity contribution < 1.29 is 18.3 Å². The summed E-state index contributed by atoms with van der Waals surface area (Å²) in [6, 6.07) is 11.7. The van der Waals surface area contributed by atoms with E-state index in [2.05, 4.69) is 4.74 Å². The molecule has 0 aliphatic carbocycles. The van der Waals surface area contributed by atoms with Gasteiger partial charge in [0, 0.05) is 12.0 Å². The Kier molecular flexibility index (Phi) is 4.68. The Hall–Kier alpha value is -2.23. The Morgan fingerprint density at radius 1 is 1.10 bits per heavy atom. The number of ether oxygens (including phenoxy) is 1. The molecule has 0 heterocycles. The number of carbonyl (C=O) groups excluding carboxylic acids is 1. The summed E-state index contributed by atoms with van der Waals surface area (Å²) >= 11 is 0. The van der Waals surface area contributed by atoms with Crippen LogP contribution in [0.4, 0.5) is 8.78 Å². The van der Waals surface area contributed by atoms with Gasteiger partial charge < -0.3 is 4.74 Å². The van der Waals surface area contributed by atoms with Gasteiger partial charge in [-0.3, -0.25) is 4.79 Å². The lowest BCUT2D eigenvalue weighted by atomic mass is 9.98. The molecule has 0 atom stereocenters. The largest absolute Gasteiger partial charge is 0.435 e. The molecule has 0 saturated carbocycles. The first kappa shape index (κ1) is 15.2. The molecule has 0 radical (unpaired) electrons. The highest BCUT2D eigenvalue weighted by atomic mass is 19.3. The molecule has 2 aromatic carbocycles. The Bertz CT molecular complexity index is 634. The Balaban J connectivity index is 2.11. The maximum absolute atomic E-state index is 12.2. The highest BCUT2D eigenvalue weighted by Gasteiger charge is 2.10. The molecule has 0 amide bonds. The minimum atomic E-state index is -2.86. The SMILES string of the molecule is Cc1ccc(C)c(CC(=O)c2ccc(OC(F)F)cc2)c1. The quantitative estimate of drug-likeness (QED) is 0.766. The third kappa shape index (κ3) is 4.12. The highest BCUT2D eigenvalue weighted by Crippen LogP contribution is 2.18. The van der Waals surface area contributed by atoms with E-state index in [1.54, 1.807) is 0 Å². The van der Waals surface area contributed by atoms with Crippen molar-refractivity contribution in [1.29, 1.82) is 0 Å². The van der Waals surface area contributed by atoms with Gasteiger partial charge in [-0.2, -0.15) is 8.78 Å². The maximum atomic E-state index is 12.2. The lowest BCUT2D eigenvalue weighted by molar-refractivity contribution is -0.0498. The van der Waals surface area contributed by atoms with Crippen LogP contribution in [0.1, 0.15) is 27.0 Å². The topological polar surface area (TPSA) is 26.3 Å². The second kappa shape index (κ2) is 6.48. The monoisotopic (exact) mass is 290 g/mol. The maximum Gasteiger partial charge on any atom is 0.387 e. The van der Waals surface area contributed by atoms with Gasteiger partial charge in [-0.25, -0.2) is 0 Å². The van der Waals surface area contributed by atoms with E-state index in [4.69, 9.17) is 0 Å². The van der Waals surface area contributed by atoms with Gasteiger partial charge in [0.15, 0.2) is 5.78 Å². The molecule has 0 aliphatic heterocycles. The van der Waals surface area contributed by atoms with Crippen LogP contribution in [-0.2, 0) is 6.42 Å². The van der Waals surface area contributed by atoms with E-state index >= 15 is 0 Å². The van der Waals surface area contributed by atoms with Crippen molar-refractivity contribution in [3.8, 4) is 5.75 Å². The molecule has 2 rings (SSSR count). The van der Waals surface area contributed by atoms with Crippen LogP contribution >= 0.6 is 0 Å². The van der Waals surface area contributed by atoms with E-state index in [-0.39, 0.29) is 11.5 Å². The van der Waals surface area contributed by atoms with Crippen LogP contribution in [0.3, 0.4) is 0 Å². The van der Waals surface area contributed by atoms with E-state index in [9.17, 15) is 13.6 Å². The number of Topliss-reactive ketones (excluding diaryl/α,β-unsaturated/α-hetero) is 1. The molecule has 0 aliphatic rings. The fraction of sp³-hybridized carbons (Fsp3) is 0.235. The molecule has 2 nitrogen and oxygen atoms in total. The second-order valence-corrected chi connectivity index (χ2v) is 4.93. The molecular formula is C17H16F2O2. The predicted octanol–water partition coefficient (Wildman–Crippen LogP) is 4.33. The number of rotatable bonds is 5. The zero-order valence-corrected chi connectivity index (χ0v) is 11.9. The van der Waals surface area contributed by atoms with Gasteiger partial charge in [-0.15, -0.1) is 0 Å². The first-order valence-corrected chi connectivity index (χ1v) is 6.60. The highest BCUT2D eigenvalue weighted by molar-refractivity contribution is 5.97. The fourth-order valence-electron chi connectivity index (χ4n) is 2.09. The molecule has 0 N–H and O–H groups in total. The molecule has 0 bridgehead atoms. The van der Waals surface area contributed by atoms with E-state index in [0.717, 1.165) is 16.7 Å². The van der Waals surface area contributed by atoms with Gasteiger partial charge in [-0.1, -0.05) is 23.8 Å². The lowest BCUT2D eigenvalue weighted by Crippen LogP contribution is -2.06. The molecule has 0 saturated heterocycles. The van der Waals surface area contributed by atoms with E-state index in [1.807, 2.05) is 32.0 Å². The normalized spacial score (nSPS) is 10.7. The third-order valence-electron chi connectivity index (χ3n) is 3.26. The van der Waals surface area contributed by atoms with Crippen LogP contribution in [0.5, 0.6) is 5.75 Å². The van der Waals surface area contributed by atoms with Crippen LogP contribution in [0.2, 0.25) is 0 Å². The molecule has 0 unspecified atom stereocenters. The summed E-state index contributed by atoms with van der Waals surface area (Å²) in [4.78, 5) is 12.2. The third-order valence-corrected chi connectivity index (χ3v) is 3.26. The van der Waals surface area contributed by atoms with Crippen molar-refractivity contribution in [3.05, 3.63) is 64.7 Å². The zero-order chi connectivity index (χ0) is 15.4. The summed E-state index contributed by atoms with van der Waals surface area (Å²) in [5.74, 6) is 0.000540. The van der Waals surface area contributed by atoms with Crippen molar-refractivity contribution in [2.75, 3.05) is 0 Å². The van der Waals surface area contributed by atoms with Gasteiger partial charge in [-0.05, 0) is 49.2 Å². The number of aryl methyl sites for hydroxylation is 2. The second-order valence-electron chi connectivity index (χ2n) is 4.93. The van der Waals surface area contributed by atoms with Crippen LogP contribution < -0.4 is 4.74 Å². The fourth-order valence-corrected chi connectivity index (χ4v) is 2.09. The summed E-state index contributed by atoms with van der Waals surface area (Å²) in [5.41, 5.74) is 3.63. The number of hydrogen-bond acceptors (Lipinski definition) is 2. The summed E-state index contributed by atoms with van der Waals surface area (Å²) < 4.78 is 28.4. The first-order chi connectivity index (χ1) is 9.95. The molecular weight excluding hydrogens is 274 g/mol. The molecule has 4 heteroatoms. The number of alkyl halides is 2. The molecule has 2 aromatic rings. The summed E-state index contributed by atoms with van der Waals surface area (Å²) in [6.45, 7) is 1.08. The van der Waals surface area contributed by atoms with E-state index in [1.165, 1.54) is 24.3 Å². The van der Waals surface area contributed by atoms with Crippen molar-refractivity contribution in [2.24, 2.45) is 0 Å². The van der Waals surface area contributed by atoms with Crippen molar-refractivity contribution in [2.45, 2.75) is 26.9 Å². The Morgan fingerprint density at radius 3 is 2.38 bits per heavy atom. The molecule has 0 aromatic heterocycles. The molecule has 110 valence electrons. The van der Waals surface area contributed by atoms with Gasteiger partial charge in [0.1, 0.15) is 5.75 Å². The minimum Gasteiger partial charge on any atom is -0.435 e. The average molecular weight is 290 g/mol.